The summed E-state index contributed by atoms with van der Waals surface area (Å²) in [6.07, 6.45) is -0.612. The van der Waals surface area contributed by atoms with Gasteiger partial charge in [0.15, 0.2) is 11.5 Å². The van der Waals surface area contributed by atoms with Gasteiger partial charge in [0, 0.05) is 30.5 Å². The van der Waals surface area contributed by atoms with E-state index in [2.05, 4.69) is 30.8 Å². The van der Waals surface area contributed by atoms with Crippen molar-refractivity contribution in [1.82, 2.24) is 25.1 Å². The highest BCUT2D eigenvalue weighted by Crippen LogP contribution is 2.36. The van der Waals surface area contributed by atoms with Gasteiger partial charge in [0.05, 0.1) is 41.6 Å². The Labute approximate surface area is 214 Å². The zero-order valence-corrected chi connectivity index (χ0v) is 20.0. The number of amides is 2. The Morgan fingerprint density at radius 1 is 1.05 bits per heavy atom. The molecule has 0 spiro atoms. The van der Waals surface area contributed by atoms with E-state index < -0.39 is 18.6 Å². The number of halogens is 3. The molecule has 13 heteroatoms. The average Bonchev–Trinajstić information content (AvgIpc) is 3.44. The molecule has 0 radical (unpaired) electrons. The first-order valence-corrected chi connectivity index (χ1v) is 12.1. The normalized spacial score (nSPS) is 19.1. The summed E-state index contributed by atoms with van der Waals surface area (Å²) in [7, 11) is 0. The first kappa shape index (κ1) is 24.1. The predicted octanol–water partition coefficient (Wildman–Crippen LogP) is 4.53. The highest BCUT2D eigenvalue weighted by atomic mass is 19.4. The Hall–Kier alpha value is -4.26. The molecule has 2 aliphatic heterocycles. The van der Waals surface area contributed by atoms with Gasteiger partial charge in [-0.15, -0.1) is 0 Å². The second kappa shape index (κ2) is 9.56. The largest absolute Gasteiger partial charge is 0.394 e. The van der Waals surface area contributed by atoms with Crippen LogP contribution in [-0.4, -0.2) is 62.7 Å². The topological polar surface area (TPSA) is 121 Å². The number of morpholine rings is 1. The van der Waals surface area contributed by atoms with Gasteiger partial charge in [-0.3, -0.25) is 10.1 Å². The highest BCUT2D eigenvalue weighted by molar-refractivity contribution is 5.99. The lowest BCUT2D eigenvalue weighted by Gasteiger charge is -2.33. The lowest BCUT2D eigenvalue weighted by molar-refractivity contribution is -0.127. The number of hydrogen-bond acceptors (Lipinski definition) is 7. The summed E-state index contributed by atoms with van der Waals surface area (Å²) in [6, 6.07) is 9.87. The number of fused-ring (bicyclic) bond motifs is 3. The van der Waals surface area contributed by atoms with Crippen molar-refractivity contribution in [2.75, 3.05) is 28.6 Å². The molecule has 5 heterocycles. The number of anilines is 3. The predicted molar refractivity (Wildman–Crippen MR) is 134 cm³/mol. The van der Waals surface area contributed by atoms with Crippen molar-refractivity contribution >= 4 is 34.3 Å². The minimum atomic E-state index is -4.42. The number of ether oxygens (including phenoxy) is 1. The number of carbonyl (C=O) groups excluding carboxylic acids is 1. The van der Waals surface area contributed by atoms with Crippen molar-refractivity contribution in [3.8, 4) is 11.4 Å². The van der Waals surface area contributed by atoms with Crippen LogP contribution < -0.4 is 15.5 Å². The van der Waals surface area contributed by atoms with Crippen LogP contribution >= 0.6 is 0 Å². The third kappa shape index (κ3) is 5.09. The summed E-state index contributed by atoms with van der Waals surface area (Å²) in [5, 5.41) is 12.3. The van der Waals surface area contributed by atoms with Gasteiger partial charge >= 0.3 is 12.2 Å². The van der Waals surface area contributed by atoms with Gasteiger partial charge in [-0.25, -0.2) is 14.8 Å². The number of hydrogen-bond donors (Lipinski definition) is 3. The first-order chi connectivity index (χ1) is 18.3. The van der Waals surface area contributed by atoms with Crippen LogP contribution in [0.25, 0.3) is 22.4 Å². The fraction of sp³-hybridized carbons (Fsp3) is 0.320. The summed E-state index contributed by atoms with van der Waals surface area (Å²) < 4.78 is 45.8. The van der Waals surface area contributed by atoms with Crippen molar-refractivity contribution < 1.29 is 22.7 Å². The molecule has 2 fully saturated rings. The third-order valence-corrected chi connectivity index (χ3v) is 6.51. The van der Waals surface area contributed by atoms with Crippen LogP contribution in [0.2, 0.25) is 0 Å². The van der Waals surface area contributed by atoms with Crippen LogP contribution in [0.1, 0.15) is 18.5 Å². The van der Waals surface area contributed by atoms with Crippen LogP contribution in [0.5, 0.6) is 0 Å². The molecule has 0 saturated carbocycles. The molecule has 2 bridgehead atoms. The number of nitrogens with zero attached hydrogens (tertiary/aromatic N) is 5. The SMILES string of the molecule is O=C(Nc1ccc(-c2nc(N3CC4CCC(C3)O4)c3c(CC(F)(F)F)n[nH]c3n2)cc1)Nc1cccnc1. The molecular formula is C25H23F3N8O2. The van der Waals surface area contributed by atoms with Crippen LogP contribution in [0.4, 0.5) is 35.2 Å². The molecule has 4 aromatic rings. The Kier molecular flexibility index (Phi) is 6.06. The number of rotatable bonds is 5. The Morgan fingerprint density at radius 2 is 1.79 bits per heavy atom. The second-order valence-electron chi connectivity index (χ2n) is 9.32. The first-order valence-electron chi connectivity index (χ1n) is 12.1. The number of urea groups is 1. The number of pyridine rings is 1. The standard InChI is InChI=1S/C25H23F3N8O2/c26-25(27,28)10-19-20-22(35-34-19)32-21(33-23(20)36-12-17-7-8-18(13-36)38-17)14-3-5-15(6-4-14)30-24(37)31-16-2-1-9-29-11-16/h1-6,9,11,17-18H,7-8,10,12-13H2,(H2,30,31,37)(H,32,33,34,35). The smallest absolute Gasteiger partial charge is 0.371 e. The Morgan fingerprint density at radius 3 is 2.47 bits per heavy atom. The molecule has 6 rings (SSSR count). The van der Waals surface area contributed by atoms with E-state index in [1.54, 1.807) is 42.6 Å². The van der Waals surface area contributed by atoms with E-state index in [-0.39, 0.29) is 28.9 Å². The van der Waals surface area contributed by atoms with Crippen molar-refractivity contribution in [2.45, 2.75) is 37.6 Å². The summed E-state index contributed by atoms with van der Waals surface area (Å²) in [5.41, 5.74) is 1.83. The molecule has 2 saturated heterocycles. The summed E-state index contributed by atoms with van der Waals surface area (Å²) in [4.78, 5) is 27.4. The summed E-state index contributed by atoms with van der Waals surface area (Å²) >= 11 is 0. The van der Waals surface area contributed by atoms with E-state index in [9.17, 15) is 18.0 Å². The van der Waals surface area contributed by atoms with Gasteiger partial charge in [0.25, 0.3) is 0 Å². The van der Waals surface area contributed by atoms with Crippen molar-refractivity contribution in [2.24, 2.45) is 0 Å². The maximum atomic E-state index is 13.3. The molecule has 0 aliphatic carbocycles. The Bertz CT molecular complexity index is 1450. The third-order valence-electron chi connectivity index (χ3n) is 6.51. The van der Waals surface area contributed by atoms with Crippen molar-refractivity contribution in [3.63, 3.8) is 0 Å². The van der Waals surface area contributed by atoms with Gasteiger partial charge in [0.2, 0.25) is 0 Å². The fourth-order valence-corrected chi connectivity index (χ4v) is 4.87. The molecular weight excluding hydrogens is 501 g/mol. The molecule has 1 aromatic carbocycles. The molecule has 2 unspecified atom stereocenters. The number of alkyl halides is 3. The van der Waals surface area contributed by atoms with Crippen LogP contribution in [-0.2, 0) is 11.2 Å². The van der Waals surface area contributed by atoms with Gasteiger partial charge in [-0.2, -0.15) is 18.3 Å². The lowest BCUT2D eigenvalue weighted by Crippen LogP contribution is -2.43. The average molecular weight is 525 g/mol. The second-order valence-corrected chi connectivity index (χ2v) is 9.32. The minimum Gasteiger partial charge on any atom is -0.371 e. The number of nitrogens with one attached hydrogen (secondary N) is 3. The quantitative estimate of drug-likeness (QED) is 0.351. The zero-order valence-electron chi connectivity index (χ0n) is 20.0. The summed E-state index contributed by atoms with van der Waals surface area (Å²) in [6.45, 7) is 1.07. The molecule has 3 aromatic heterocycles. The van der Waals surface area contributed by atoms with Gasteiger partial charge in [0.1, 0.15) is 5.82 Å². The van der Waals surface area contributed by atoms with Crippen molar-refractivity contribution in [1.29, 1.82) is 0 Å². The zero-order chi connectivity index (χ0) is 26.3. The van der Waals surface area contributed by atoms with E-state index in [0.29, 0.717) is 41.7 Å². The van der Waals surface area contributed by atoms with E-state index in [1.807, 2.05) is 4.90 Å². The summed E-state index contributed by atoms with van der Waals surface area (Å²) in [5.74, 6) is 0.746. The maximum Gasteiger partial charge on any atom is 0.394 e. The van der Waals surface area contributed by atoms with Crippen LogP contribution in [0.3, 0.4) is 0 Å². The fourth-order valence-electron chi connectivity index (χ4n) is 4.87. The number of aromatic nitrogens is 5. The minimum absolute atomic E-state index is 0.0170. The molecule has 3 N–H and O–H groups in total. The molecule has 10 nitrogen and oxygen atoms in total. The number of carbonyl (C=O) groups is 1. The van der Waals surface area contributed by atoms with Gasteiger partial charge in [-0.05, 0) is 49.2 Å². The monoisotopic (exact) mass is 524 g/mol. The van der Waals surface area contributed by atoms with E-state index in [4.69, 9.17) is 9.72 Å². The van der Waals surface area contributed by atoms with Crippen LogP contribution in [0, 0.1) is 0 Å². The molecule has 2 atom stereocenters. The van der Waals surface area contributed by atoms with Gasteiger partial charge < -0.3 is 20.3 Å². The van der Waals surface area contributed by atoms with E-state index in [0.717, 1.165) is 12.8 Å². The molecule has 38 heavy (non-hydrogen) atoms. The molecule has 196 valence electrons. The van der Waals surface area contributed by atoms with Gasteiger partial charge in [-0.1, -0.05) is 0 Å². The van der Waals surface area contributed by atoms with E-state index in [1.165, 1.54) is 6.20 Å². The molecule has 2 amide bonds. The molecule has 2 aliphatic rings. The number of benzene rings is 1. The van der Waals surface area contributed by atoms with E-state index >= 15 is 0 Å². The van der Waals surface area contributed by atoms with Crippen molar-refractivity contribution in [3.05, 3.63) is 54.5 Å². The lowest BCUT2D eigenvalue weighted by atomic mass is 10.1. The Balaban J connectivity index is 1.30. The van der Waals surface area contributed by atoms with Crippen LogP contribution in [0.15, 0.2) is 48.8 Å². The maximum absolute atomic E-state index is 13.3. The number of H-pyrrole nitrogens is 1. The number of aromatic amines is 1. The highest BCUT2D eigenvalue weighted by Gasteiger charge is 2.37.